The van der Waals surface area contributed by atoms with Crippen molar-refractivity contribution in [1.29, 1.82) is 0 Å². The zero-order chi connectivity index (χ0) is 21.2. The predicted molar refractivity (Wildman–Crippen MR) is 133 cm³/mol. The van der Waals surface area contributed by atoms with E-state index in [-0.39, 0.29) is 0 Å². The Morgan fingerprint density at radius 2 is 1.45 bits per heavy atom. The van der Waals surface area contributed by atoms with Gasteiger partial charge in [-0.15, -0.1) is 0 Å². The number of aliphatic imine (C=N–C) groups is 2. The molecule has 3 aromatic carbocycles. The minimum Gasteiger partial charge on any atom is -0.353 e. The summed E-state index contributed by atoms with van der Waals surface area (Å²) in [7, 11) is 0. The predicted octanol–water partition coefficient (Wildman–Crippen LogP) is 7.36. The summed E-state index contributed by atoms with van der Waals surface area (Å²) < 4.78 is 0. The van der Waals surface area contributed by atoms with Crippen LogP contribution in [0.25, 0.3) is 21.5 Å². The van der Waals surface area contributed by atoms with Gasteiger partial charge in [-0.05, 0) is 47.9 Å². The maximum atomic E-state index is 4.90. The van der Waals surface area contributed by atoms with Gasteiger partial charge < -0.3 is 4.98 Å². The Bertz CT molecular complexity index is 1330. The summed E-state index contributed by atoms with van der Waals surface area (Å²) in [5.74, 6) is 0.455. The monoisotopic (exact) mass is 403 g/mol. The van der Waals surface area contributed by atoms with Crippen molar-refractivity contribution in [3.63, 3.8) is 0 Å². The van der Waals surface area contributed by atoms with Crippen molar-refractivity contribution < 1.29 is 0 Å². The van der Waals surface area contributed by atoms with Crippen LogP contribution < -0.4 is 0 Å². The summed E-state index contributed by atoms with van der Waals surface area (Å²) >= 11 is 0. The van der Waals surface area contributed by atoms with E-state index in [4.69, 9.17) is 9.98 Å². The van der Waals surface area contributed by atoms with Crippen LogP contribution in [0.3, 0.4) is 0 Å². The molecule has 0 saturated heterocycles. The standard InChI is InChI=1S/C28H25N3/c1-19-8-7-9-20(2)27(19)29-17-23-14-15-24(31-23)18-30-28-25-12-5-3-10-21(25)16-22-11-4-6-13-26(22)28/h3-8,10-18,20,31H,9H2,1-2H3. The van der Waals surface area contributed by atoms with Crippen molar-refractivity contribution in [1.82, 2.24) is 4.98 Å². The second kappa shape index (κ2) is 8.19. The third-order valence-electron chi connectivity index (χ3n) is 5.88. The normalized spacial score (nSPS) is 17.0. The van der Waals surface area contributed by atoms with E-state index in [9.17, 15) is 0 Å². The first-order valence-corrected chi connectivity index (χ1v) is 10.7. The molecule has 0 radical (unpaired) electrons. The topological polar surface area (TPSA) is 40.5 Å². The summed E-state index contributed by atoms with van der Waals surface area (Å²) in [4.78, 5) is 13.1. The van der Waals surface area contributed by atoms with Gasteiger partial charge >= 0.3 is 0 Å². The molecule has 3 heteroatoms. The Kier molecular flexibility index (Phi) is 5.09. The number of fused-ring (bicyclic) bond motifs is 2. The number of hydrogen-bond acceptors (Lipinski definition) is 2. The van der Waals surface area contributed by atoms with E-state index in [0.717, 1.165) is 40.0 Å². The molecular formula is C28H25N3. The highest BCUT2D eigenvalue weighted by atomic mass is 14.8. The third kappa shape index (κ3) is 3.87. The molecule has 31 heavy (non-hydrogen) atoms. The first kappa shape index (κ1) is 19.3. The molecule has 1 atom stereocenters. The summed E-state index contributed by atoms with van der Waals surface area (Å²) in [6.07, 6.45) is 9.25. The van der Waals surface area contributed by atoms with Crippen LogP contribution >= 0.6 is 0 Å². The third-order valence-corrected chi connectivity index (χ3v) is 5.88. The fraction of sp³-hybridized carbons (Fsp3) is 0.143. The van der Waals surface area contributed by atoms with E-state index in [1.165, 1.54) is 16.3 Å². The molecule has 1 N–H and O–H groups in total. The maximum absolute atomic E-state index is 4.90. The molecule has 1 aromatic heterocycles. The molecule has 0 fully saturated rings. The average molecular weight is 404 g/mol. The minimum absolute atomic E-state index is 0.455. The van der Waals surface area contributed by atoms with Gasteiger partial charge in [-0.3, -0.25) is 9.98 Å². The molecule has 1 aliphatic carbocycles. The van der Waals surface area contributed by atoms with E-state index in [2.05, 4.69) is 85.6 Å². The minimum atomic E-state index is 0.455. The Balaban J connectivity index is 1.47. The number of nitrogens with zero attached hydrogens (tertiary/aromatic N) is 2. The number of aromatic nitrogens is 1. The molecule has 152 valence electrons. The smallest absolute Gasteiger partial charge is 0.0787 e. The Morgan fingerprint density at radius 1 is 0.839 bits per heavy atom. The molecule has 4 aromatic rings. The Hall–Kier alpha value is -3.72. The largest absolute Gasteiger partial charge is 0.353 e. The van der Waals surface area contributed by atoms with Crippen molar-refractivity contribution >= 4 is 39.7 Å². The molecular weight excluding hydrogens is 378 g/mol. The van der Waals surface area contributed by atoms with Gasteiger partial charge in [0.15, 0.2) is 0 Å². The molecule has 0 amide bonds. The lowest BCUT2D eigenvalue weighted by Gasteiger charge is -2.16. The quantitative estimate of drug-likeness (QED) is 0.273. The molecule has 1 heterocycles. The highest BCUT2D eigenvalue weighted by molar-refractivity contribution is 6.10. The average Bonchev–Trinajstić information content (AvgIpc) is 3.24. The molecule has 1 unspecified atom stereocenters. The summed E-state index contributed by atoms with van der Waals surface area (Å²) in [6, 6.07) is 23.1. The van der Waals surface area contributed by atoms with Crippen LogP contribution in [0.5, 0.6) is 0 Å². The zero-order valence-electron chi connectivity index (χ0n) is 17.8. The van der Waals surface area contributed by atoms with Crippen molar-refractivity contribution in [3.8, 4) is 0 Å². The summed E-state index contributed by atoms with van der Waals surface area (Å²) in [5.41, 5.74) is 5.34. The lowest BCUT2D eigenvalue weighted by Crippen LogP contribution is -2.03. The number of benzene rings is 3. The molecule has 0 saturated carbocycles. The van der Waals surface area contributed by atoms with Gasteiger partial charge in [0.25, 0.3) is 0 Å². The van der Waals surface area contributed by atoms with Crippen LogP contribution in [0.15, 0.2) is 100 Å². The van der Waals surface area contributed by atoms with Gasteiger partial charge in [-0.25, -0.2) is 0 Å². The molecule has 3 nitrogen and oxygen atoms in total. The fourth-order valence-electron chi connectivity index (χ4n) is 4.25. The number of H-pyrrole nitrogens is 1. The van der Waals surface area contributed by atoms with Gasteiger partial charge in [0.2, 0.25) is 0 Å². The SMILES string of the molecule is CC1=C(N=Cc2ccc(C=Nc3c4ccccc4cc4ccccc34)[nH]2)C(C)CC=C1. The molecule has 0 aliphatic heterocycles. The summed E-state index contributed by atoms with van der Waals surface area (Å²) in [6.45, 7) is 4.35. The first-order chi connectivity index (χ1) is 15.2. The lowest BCUT2D eigenvalue weighted by molar-refractivity contribution is 0.670. The van der Waals surface area contributed by atoms with Gasteiger partial charge in [0, 0.05) is 22.4 Å². The Labute approximate surface area is 182 Å². The van der Waals surface area contributed by atoms with Crippen LogP contribution in [0, 0.1) is 5.92 Å². The number of rotatable bonds is 4. The highest BCUT2D eigenvalue weighted by Crippen LogP contribution is 2.34. The first-order valence-electron chi connectivity index (χ1n) is 10.7. The van der Waals surface area contributed by atoms with Crippen LogP contribution in [0.4, 0.5) is 5.69 Å². The molecule has 0 spiro atoms. The van der Waals surface area contributed by atoms with Crippen LogP contribution in [-0.2, 0) is 0 Å². The molecule has 0 bridgehead atoms. The number of nitrogens with one attached hydrogen (secondary N) is 1. The number of hydrogen-bond donors (Lipinski definition) is 1. The van der Waals surface area contributed by atoms with Gasteiger partial charge in [-0.1, -0.05) is 67.6 Å². The van der Waals surface area contributed by atoms with E-state index in [1.807, 2.05) is 24.6 Å². The maximum Gasteiger partial charge on any atom is 0.0787 e. The van der Waals surface area contributed by atoms with Gasteiger partial charge in [-0.2, -0.15) is 0 Å². The van der Waals surface area contributed by atoms with Crippen LogP contribution in [0.1, 0.15) is 31.7 Å². The molecule has 5 rings (SSSR count). The van der Waals surface area contributed by atoms with Crippen molar-refractivity contribution in [3.05, 3.63) is 102 Å². The second-order valence-corrected chi connectivity index (χ2v) is 8.16. The fourth-order valence-corrected chi connectivity index (χ4v) is 4.25. The highest BCUT2D eigenvalue weighted by Gasteiger charge is 2.12. The molecule has 1 aliphatic rings. The number of allylic oxidation sites excluding steroid dienone is 4. The van der Waals surface area contributed by atoms with Crippen molar-refractivity contribution in [2.45, 2.75) is 20.3 Å². The van der Waals surface area contributed by atoms with Crippen molar-refractivity contribution in [2.24, 2.45) is 15.9 Å². The number of aromatic amines is 1. The van der Waals surface area contributed by atoms with Crippen LogP contribution in [-0.4, -0.2) is 17.4 Å². The van der Waals surface area contributed by atoms with Crippen LogP contribution in [0.2, 0.25) is 0 Å². The van der Waals surface area contributed by atoms with Gasteiger partial charge in [0.1, 0.15) is 0 Å². The van der Waals surface area contributed by atoms with E-state index >= 15 is 0 Å². The van der Waals surface area contributed by atoms with Crippen molar-refractivity contribution in [2.75, 3.05) is 0 Å². The van der Waals surface area contributed by atoms with E-state index < -0.39 is 0 Å². The van der Waals surface area contributed by atoms with Gasteiger partial charge in [0.05, 0.1) is 29.5 Å². The van der Waals surface area contributed by atoms with E-state index in [0.29, 0.717) is 5.92 Å². The van der Waals surface area contributed by atoms with E-state index in [1.54, 1.807) is 0 Å². The summed E-state index contributed by atoms with van der Waals surface area (Å²) in [5, 5.41) is 4.72. The second-order valence-electron chi connectivity index (χ2n) is 8.16. The zero-order valence-corrected chi connectivity index (χ0v) is 17.8. The Morgan fingerprint density at radius 3 is 2.10 bits per heavy atom. The lowest BCUT2D eigenvalue weighted by atomic mass is 9.95.